The summed E-state index contributed by atoms with van der Waals surface area (Å²) in [6.45, 7) is 0.441. The van der Waals surface area contributed by atoms with Crippen molar-refractivity contribution in [1.82, 2.24) is 0 Å². The van der Waals surface area contributed by atoms with Crippen LogP contribution in [0.4, 0.5) is 11.4 Å². The number of nitro groups is 1. The number of non-ortho nitro benzene ring substituents is 1. The van der Waals surface area contributed by atoms with Crippen LogP contribution in [-0.2, 0) is 6.61 Å². The van der Waals surface area contributed by atoms with E-state index in [1.807, 2.05) is 48.5 Å². The van der Waals surface area contributed by atoms with Gasteiger partial charge in [0.15, 0.2) is 0 Å². The van der Waals surface area contributed by atoms with Gasteiger partial charge in [-0.1, -0.05) is 46.3 Å². The maximum absolute atomic E-state index is 10.8. The number of para-hydroxylation sites is 1. The fraction of sp³-hybridized carbons (Fsp3) is 0.0500. The highest BCUT2D eigenvalue weighted by molar-refractivity contribution is 9.10. The van der Waals surface area contributed by atoms with Crippen molar-refractivity contribution in [3.63, 3.8) is 0 Å². The Labute approximate surface area is 164 Å². The van der Waals surface area contributed by atoms with Gasteiger partial charge in [0.2, 0.25) is 0 Å². The Hall–Kier alpha value is -3.19. The molecule has 1 N–H and O–H groups in total. The van der Waals surface area contributed by atoms with Crippen molar-refractivity contribution in [1.29, 1.82) is 0 Å². The summed E-state index contributed by atoms with van der Waals surface area (Å²) >= 11 is 3.41. The molecule has 0 saturated carbocycles. The molecule has 0 spiro atoms. The zero-order valence-electron chi connectivity index (χ0n) is 14.2. The van der Waals surface area contributed by atoms with Gasteiger partial charge >= 0.3 is 0 Å². The molecule has 27 heavy (non-hydrogen) atoms. The third kappa shape index (κ3) is 5.39. The van der Waals surface area contributed by atoms with Crippen molar-refractivity contribution in [3.8, 4) is 5.75 Å². The van der Waals surface area contributed by atoms with Crippen LogP contribution in [0, 0.1) is 10.1 Å². The van der Waals surface area contributed by atoms with E-state index in [-0.39, 0.29) is 5.69 Å². The maximum Gasteiger partial charge on any atom is 0.271 e. The van der Waals surface area contributed by atoms with Crippen LogP contribution in [0.15, 0.2) is 82.4 Å². The number of benzene rings is 3. The van der Waals surface area contributed by atoms with Gasteiger partial charge in [0.05, 0.1) is 16.8 Å². The number of hydrogen-bond donors (Lipinski definition) is 1. The zero-order valence-corrected chi connectivity index (χ0v) is 15.8. The number of anilines is 1. The van der Waals surface area contributed by atoms with Crippen LogP contribution in [0.3, 0.4) is 0 Å². The lowest BCUT2D eigenvalue weighted by Gasteiger charge is -2.09. The molecule has 0 amide bonds. The molecule has 0 aromatic heterocycles. The fourth-order valence-corrected chi connectivity index (χ4v) is 2.59. The SMILES string of the molecule is O=[N+]([O-])c1cccc(NN=Cc2ccccc2OCc2ccc(Br)cc2)c1. The Balaban J connectivity index is 1.66. The van der Waals surface area contributed by atoms with Crippen LogP contribution in [0.25, 0.3) is 0 Å². The second-order valence-electron chi connectivity index (χ2n) is 5.63. The number of nitrogens with zero attached hydrogens (tertiary/aromatic N) is 2. The number of rotatable bonds is 7. The number of hydrogen-bond acceptors (Lipinski definition) is 5. The van der Waals surface area contributed by atoms with Crippen molar-refractivity contribution < 1.29 is 9.66 Å². The second-order valence-corrected chi connectivity index (χ2v) is 6.55. The van der Waals surface area contributed by atoms with Crippen molar-refractivity contribution >= 4 is 33.5 Å². The van der Waals surface area contributed by atoms with Gasteiger partial charge in [-0.15, -0.1) is 0 Å². The van der Waals surface area contributed by atoms with Crippen LogP contribution < -0.4 is 10.2 Å². The van der Waals surface area contributed by atoms with E-state index in [9.17, 15) is 10.1 Å². The molecule has 136 valence electrons. The van der Waals surface area contributed by atoms with Crippen molar-refractivity contribution in [2.45, 2.75) is 6.61 Å². The minimum atomic E-state index is -0.444. The largest absolute Gasteiger partial charge is 0.488 e. The lowest BCUT2D eigenvalue weighted by molar-refractivity contribution is -0.384. The van der Waals surface area contributed by atoms with Gasteiger partial charge in [-0.3, -0.25) is 15.5 Å². The van der Waals surface area contributed by atoms with Crippen LogP contribution in [0.1, 0.15) is 11.1 Å². The molecule has 0 aliphatic heterocycles. The van der Waals surface area contributed by atoms with Crippen molar-refractivity contribution in [2.24, 2.45) is 5.10 Å². The first kappa shape index (κ1) is 18.6. The molecule has 6 nitrogen and oxygen atoms in total. The molecule has 0 radical (unpaired) electrons. The topological polar surface area (TPSA) is 76.8 Å². The first-order valence-corrected chi connectivity index (χ1v) is 8.91. The summed E-state index contributed by atoms with van der Waals surface area (Å²) < 4.78 is 6.91. The Morgan fingerprint density at radius 1 is 1.07 bits per heavy atom. The molecule has 0 aliphatic rings. The highest BCUT2D eigenvalue weighted by Crippen LogP contribution is 2.20. The Morgan fingerprint density at radius 3 is 2.63 bits per heavy atom. The lowest BCUT2D eigenvalue weighted by atomic mass is 10.2. The van der Waals surface area contributed by atoms with Crippen LogP contribution >= 0.6 is 15.9 Å². The molecule has 7 heteroatoms. The number of nitro benzene ring substituents is 1. The predicted molar refractivity (Wildman–Crippen MR) is 109 cm³/mol. The molecule has 0 bridgehead atoms. The summed E-state index contributed by atoms with van der Waals surface area (Å²) in [4.78, 5) is 10.4. The van der Waals surface area contributed by atoms with Gasteiger partial charge < -0.3 is 4.74 Å². The maximum atomic E-state index is 10.8. The van der Waals surface area contributed by atoms with E-state index in [2.05, 4.69) is 26.5 Å². The van der Waals surface area contributed by atoms with E-state index in [0.29, 0.717) is 18.0 Å². The highest BCUT2D eigenvalue weighted by Gasteiger charge is 2.05. The fourth-order valence-electron chi connectivity index (χ4n) is 2.33. The van der Waals surface area contributed by atoms with E-state index >= 15 is 0 Å². The standard InChI is InChI=1S/C20H16BrN3O3/c21-17-10-8-15(9-11-17)14-27-20-7-2-1-4-16(20)13-22-23-18-5-3-6-19(12-18)24(25)26/h1-13,23H,14H2. The van der Waals surface area contributed by atoms with E-state index in [1.54, 1.807) is 18.3 Å². The minimum Gasteiger partial charge on any atom is -0.488 e. The molecule has 0 saturated heterocycles. The molecule has 3 rings (SSSR count). The summed E-state index contributed by atoms with van der Waals surface area (Å²) in [6, 6.07) is 21.6. The molecular formula is C20H16BrN3O3. The Kier molecular flexibility index (Phi) is 6.17. The van der Waals surface area contributed by atoms with E-state index in [4.69, 9.17) is 4.74 Å². The monoisotopic (exact) mass is 425 g/mol. The molecule has 3 aromatic carbocycles. The number of hydrazone groups is 1. The van der Waals surface area contributed by atoms with Crippen LogP contribution in [0.5, 0.6) is 5.75 Å². The van der Waals surface area contributed by atoms with Crippen molar-refractivity contribution in [2.75, 3.05) is 5.43 Å². The molecule has 0 aliphatic carbocycles. The van der Waals surface area contributed by atoms with Gasteiger partial charge in [0.25, 0.3) is 5.69 Å². The quantitative estimate of drug-likeness (QED) is 0.313. The molecule has 3 aromatic rings. The average molecular weight is 426 g/mol. The number of halogens is 1. The zero-order chi connectivity index (χ0) is 19.1. The number of nitrogens with one attached hydrogen (secondary N) is 1. The molecule has 0 atom stereocenters. The average Bonchev–Trinajstić information content (AvgIpc) is 2.69. The van der Waals surface area contributed by atoms with E-state index in [0.717, 1.165) is 15.6 Å². The van der Waals surface area contributed by atoms with Gasteiger partial charge in [-0.25, -0.2) is 0 Å². The van der Waals surface area contributed by atoms with Gasteiger partial charge in [0.1, 0.15) is 12.4 Å². The smallest absolute Gasteiger partial charge is 0.271 e. The van der Waals surface area contributed by atoms with E-state index < -0.39 is 4.92 Å². The number of ether oxygens (including phenoxy) is 1. The van der Waals surface area contributed by atoms with Gasteiger partial charge in [-0.2, -0.15) is 5.10 Å². The molecule has 0 heterocycles. The normalized spacial score (nSPS) is 10.7. The third-order valence-corrected chi connectivity index (χ3v) is 4.21. The van der Waals surface area contributed by atoms with Crippen LogP contribution in [0.2, 0.25) is 0 Å². The Bertz CT molecular complexity index is 959. The molecular weight excluding hydrogens is 410 g/mol. The summed E-state index contributed by atoms with van der Waals surface area (Å²) in [5, 5.41) is 15.0. The predicted octanol–water partition coefficient (Wildman–Crippen LogP) is 5.38. The van der Waals surface area contributed by atoms with Gasteiger partial charge in [-0.05, 0) is 35.9 Å². The molecule has 0 fully saturated rings. The third-order valence-electron chi connectivity index (χ3n) is 3.68. The first-order chi connectivity index (χ1) is 13.1. The first-order valence-electron chi connectivity index (χ1n) is 8.11. The Morgan fingerprint density at radius 2 is 1.85 bits per heavy atom. The molecule has 0 unspecified atom stereocenters. The highest BCUT2D eigenvalue weighted by atomic mass is 79.9. The second kappa shape index (κ2) is 8.95. The van der Waals surface area contributed by atoms with E-state index in [1.165, 1.54) is 12.1 Å². The summed E-state index contributed by atoms with van der Waals surface area (Å²) in [6.07, 6.45) is 1.62. The van der Waals surface area contributed by atoms with Gasteiger partial charge in [0, 0.05) is 22.2 Å². The van der Waals surface area contributed by atoms with Crippen LogP contribution in [-0.4, -0.2) is 11.1 Å². The lowest BCUT2D eigenvalue weighted by Crippen LogP contribution is -1.99. The summed E-state index contributed by atoms with van der Waals surface area (Å²) in [7, 11) is 0. The minimum absolute atomic E-state index is 0.00781. The summed E-state index contributed by atoms with van der Waals surface area (Å²) in [5.74, 6) is 0.699. The summed E-state index contributed by atoms with van der Waals surface area (Å²) in [5.41, 5.74) is 5.20. The van der Waals surface area contributed by atoms with Crippen molar-refractivity contribution in [3.05, 3.63) is 98.5 Å².